The van der Waals surface area contributed by atoms with Gasteiger partial charge in [0.05, 0.1) is 32.9 Å². The summed E-state index contributed by atoms with van der Waals surface area (Å²) in [6, 6.07) is 3.54. The lowest BCUT2D eigenvalue weighted by Crippen LogP contribution is -2.43. The number of benzene rings is 1. The Morgan fingerprint density at radius 2 is 1.85 bits per heavy atom. The first kappa shape index (κ1) is 19.3. The van der Waals surface area contributed by atoms with E-state index < -0.39 is 0 Å². The monoisotopic (exact) mass is 377 g/mol. The minimum atomic E-state index is -0.358. The normalized spacial score (nSPS) is 22.3. The molecule has 148 valence electrons. The second-order valence-corrected chi connectivity index (χ2v) is 6.85. The smallest absolute Gasteiger partial charge is 0.228 e. The van der Waals surface area contributed by atoms with Gasteiger partial charge in [0.25, 0.3) is 0 Å². The summed E-state index contributed by atoms with van der Waals surface area (Å²) in [6.07, 6.45) is 2.09. The molecular formula is C19H27N3O5. The first-order valence-corrected chi connectivity index (χ1v) is 9.15. The van der Waals surface area contributed by atoms with Gasteiger partial charge < -0.3 is 29.7 Å². The minimum Gasteiger partial charge on any atom is -0.493 e. The Balaban J connectivity index is 1.82. The van der Waals surface area contributed by atoms with E-state index in [0.29, 0.717) is 36.0 Å². The number of nitrogens with zero attached hydrogens (tertiary/aromatic N) is 2. The van der Waals surface area contributed by atoms with E-state index in [4.69, 9.17) is 19.9 Å². The van der Waals surface area contributed by atoms with Gasteiger partial charge in [0.2, 0.25) is 17.6 Å². The van der Waals surface area contributed by atoms with Crippen LogP contribution in [0.2, 0.25) is 0 Å². The molecule has 1 aromatic carbocycles. The highest BCUT2D eigenvalue weighted by Gasteiger charge is 2.40. The van der Waals surface area contributed by atoms with Gasteiger partial charge in [-0.2, -0.15) is 0 Å². The molecule has 2 heterocycles. The molecule has 0 aliphatic carbocycles. The fraction of sp³-hybridized carbons (Fsp3) is 0.579. The van der Waals surface area contributed by atoms with Crippen LogP contribution in [-0.2, 0) is 9.59 Å². The van der Waals surface area contributed by atoms with Gasteiger partial charge in [-0.05, 0) is 12.8 Å². The van der Waals surface area contributed by atoms with Crippen LogP contribution in [0.15, 0.2) is 12.1 Å². The van der Waals surface area contributed by atoms with E-state index >= 15 is 0 Å². The van der Waals surface area contributed by atoms with Crippen LogP contribution in [0.3, 0.4) is 0 Å². The number of carbonyl (C=O) groups excluding carboxylic acids is 2. The Labute approximate surface area is 159 Å². The highest BCUT2D eigenvalue weighted by atomic mass is 16.5. The summed E-state index contributed by atoms with van der Waals surface area (Å²) in [6.45, 7) is 1.52. The van der Waals surface area contributed by atoms with Gasteiger partial charge in [-0.25, -0.2) is 0 Å². The number of carbonyl (C=O) groups is 2. The van der Waals surface area contributed by atoms with Crippen LogP contribution < -0.4 is 24.8 Å². The lowest BCUT2D eigenvalue weighted by molar-refractivity contribution is -0.136. The second kappa shape index (κ2) is 8.04. The van der Waals surface area contributed by atoms with E-state index in [0.717, 1.165) is 19.4 Å². The predicted molar refractivity (Wildman–Crippen MR) is 100 cm³/mol. The van der Waals surface area contributed by atoms with Crippen LogP contribution in [-0.4, -0.2) is 63.7 Å². The van der Waals surface area contributed by atoms with Gasteiger partial charge >= 0.3 is 0 Å². The Kier molecular flexibility index (Phi) is 5.74. The number of ether oxygens (including phenoxy) is 3. The lowest BCUT2D eigenvalue weighted by atomic mass is 10.1. The van der Waals surface area contributed by atoms with Crippen molar-refractivity contribution in [1.29, 1.82) is 0 Å². The van der Waals surface area contributed by atoms with E-state index in [-0.39, 0.29) is 30.2 Å². The van der Waals surface area contributed by atoms with Crippen molar-refractivity contribution < 1.29 is 23.8 Å². The van der Waals surface area contributed by atoms with Crippen LogP contribution >= 0.6 is 0 Å². The number of rotatable bonds is 6. The molecule has 2 atom stereocenters. The third-order valence-corrected chi connectivity index (χ3v) is 5.37. The zero-order chi connectivity index (χ0) is 19.6. The highest BCUT2D eigenvalue weighted by molar-refractivity contribution is 6.00. The summed E-state index contributed by atoms with van der Waals surface area (Å²) in [5, 5.41) is 0. The summed E-state index contributed by atoms with van der Waals surface area (Å²) >= 11 is 0. The zero-order valence-corrected chi connectivity index (χ0v) is 16.1. The van der Waals surface area contributed by atoms with Gasteiger partial charge in [0.15, 0.2) is 11.5 Å². The molecule has 2 saturated heterocycles. The van der Waals surface area contributed by atoms with Crippen molar-refractivity contribution in [3.8, 4) is 17.2 Å². The molecule has 0 radical (unpaired) electrons. The van der Waals surface area contributed by atoms with E-state index in [1.165, 1.54) is 21.3 Å². The summed E-state index contributed by atoms with van der Waals surface area (Å²) in [7, 11) is 4.58. The average molecular weight is 377 g/mol. The molecule has 3 rings (SSSR count). The maximum atomic E-state index is 12.9. The number of methoxy groups -OCH3 is 3. The third kappa shape index (κ3) is 3.53. The van der Waals surface area contributed by atoms with Crippen molar-refractivity contribution in [2.45, 2.75) is 25.3 Å². The molecule has 2 aliphatic heterocycles. The van der Waals surface area contributed by atoms with E-state index in [1.807, 2.05) is 4.90 Å². The largest absolute Gasteiger partial charge is 0.493 e. The summed E-state index contributed by atoms with van der Waals surface area (Å²) in [5.74, 6) is 0.973. The van der Waals surface area contributed by atoms with Crippen LogP contribution in [0, 0.1) is 5.92 Å². The molecule has 8 nitrogen and oxygen atoms in total. The fourth-order valence-corrected chi connectivity index (χ4v) is 3.95. The van der Waals surface area contributed by atoms with Crippen LogP contribution in [0.25, 0.3) is 0 Å². The van der Waals surface area contributed by atoms with Crippen molar-refractivity contribution in [2.75, 3.05) is 45.9 Å². The third-order valence-electron chi connectivity index (χ3n) is 5.37. The van der Waals surface area contributed by atoms with E-state index in [9.17, 15) is 9.59 Å². The van der Waals surface area contributed by atoms with Gasteiger partial charge in [-0.1, -0.05) is 0 Å². The molecule has 0 bridgehead atoms. The number of amides is 2. The van der Waals surface area contributed by atoms with Gasteiger partial charge in [0.1, 0.15) is 0 Å². The van der Waals surface area contributed by atoms with Gasteiger partial charge in [0, 0.05) is 44.2 Å². The second-order valence-electron chi connectivity index (χ2n) is 6.85. The Hall–Kier alpha value is -2.48. The van der Waals surface area contributed by atoms with Crippen molar-refractivity contribution in [1.82, 2.24) is 4.90 Å². The summed E-state index contributed by atoms with van der Waals surface area (Å²) < 4.78 is 16.1. The maximum Gasteiger partial charge on any atom is 0.228 e. The molecular weight excluding hydrogens is 350 g/mol. The molecule has 2 fully saturated rings. The number of likely N-dealkylation sites (tertiary alicyclic amines) is 1. The first-order valence-electron chi connectivity index (χ1n) is 9.15. The standard InChI is InChI=1S/C19H27N3O5/c1-25-15-8-14(9-16(26-2)18(15)27-3)22-11-12(7-17(22)23)19(24)21-6-4-5-13(21)10-20/h8-9,12-13H,4-7,10-11,20H2,1-3H3. The minimum absolute atomic E-state index is 0.0197. The quantitative estimate of drug-likeness (QED) is 0.795. The highest BCUT2D eigenvalue weighted by Crippen LogP contribution is 2.42. The van der Waals surface area contributed by atoms with Crippen molar-refractivity contribution in [2.24, 2.45) is 11.7 Å². The summed E-state index contributed by atoms with van der Waals surface area (Å²) in [4.78, 5) is 29.0. The molecule has 2 amide bonds. The first-order chi connectivity index (χ1) is 13.0. The van der Waals surface area contributed by atoms with Gasteiger partial charge in [-0.15, -0.1) is 0 Å². The molecule has 0 spiro atoms. The zero-order valence-electron chi connectivity index (χ0n) is 16.1. The molecule has 27 heavy (non-hydrogen) atoms. The topological polar surface area (TPSA) is 94.3 Å². The average Bonchev–Trinajstić information content (AvgIpc) is 3.32. The van der Waals surface area contributed by atoms with Crippen LogP contribution in [0.4, 0.5) is 5.69 Å². The fourth-order valence-electron chi connectivity index (χ4n) is 3.95. The Morgan fingerprint density at radius 3 is 2.41 bits per heavy atom. The van der Waals surface area contributed by atoms with Crippen molar-refractivity contribution in [3.05, 3.63) is 12.1 Å². The Morgan fingerprint density at radius 1 is 1.19 bits per heavy atom. The molecule has 1 aromatic rings. The van der Waals surface area contributed by atoms with Gasteiger partial charge in [-0.3, -0.25) is 9.59 Å². The molecule has 2 unspecified atom stereocenters. The number of anilines is 1. The molecule has 0 saturated carbocycles. The van der Waals surface area contributed by atoms with Crippen molar-refractivity contribution in [3.63, 3.8) is 0 Å². The predicted octanol–water partition coefficient (Wildman–Crippen LogP) is 1.02. The number of hydrogen-bond donors (Lipinski definition) is 1. The number of nitrogens with two attached hydrogens (primary N) is 1. The van der Waals surface area contributed by atoms with Crippen LogP contribution in [0.5, 0.6) is 17.2 Å². The van der Waals surface area contributed by atoms with E-state index in [2.05, 4.69) is 0 Å². The lowest BCUT2D eigenvalue weighted by Gasteiger charge is -2.26. The Bertz CT molecular complexity index is 698. The van der Waals surface area contributed by atoms with E-state index in [1.54, 1.807) is 17.0 Å². The summed E-state index contributed by atoms with van der Waals surface area (Å²) in [5.41, 5.74) is 6.41. The SMILES string of the molecule is COc1cc(N2CC(C(=O)N3CCCC3CN)CC2=O)cc(OC)c1OC. The molecule has 0 aromatic heterocycles. The molecule has 2 aliphatic rings. The van der Waals surface area contributed by atoms with Crippen molar-refractivity contribution >= 4 is 17.5 Å². The molecule has 8 heteroatoms. The maximum absolute atomic E-state index is 12.9. The molecule has 2 N–H and O–H groups in total. The van der Waals surface area contributed by atoms with Crippen LogP contribution in [0.1, 0.15) is 19.3 Å². The number of hydrogen-bond acceptors (Lipinski definition) is 6.